The maximum absolute atomic E-state index is 2.37. The van der Waals surface area contributed by atoms with Crippen molar-refractivity contribution in [2.45, 2.75) is 143 Å². The number of hydrogen-bond acceptors (Lipinski definition) is 2. The molecule has 0 N–H and O–H groups in total. The van der Waals surface area contributed by atoms with E-state index in [2.05, 4.69) is 222 Å². The molecule has 0 aliphatic rings. The molecule has 0 amide bonds. The molecule has 0 aliphatic heterocycles. The minimum absolute atomic E-state index is 1.18. The lowest BCUT2D eigenvalue weighted by atomic mass is 9.99. The molecule has 10 aromatic rings. The van der Waals surface area contributed by atoms with Crippen LogP contribution in [-0.4, -0.2) is 0 Å². The first kappa shape index (κ1) is 54.5. The van der Waals surface area contributed by atoms with Gasteiger partial charge in [-0.15, -0.1) is 22.7 Å². The lowest BCUT2D eigenvalue weighted by Gasteiger charge is -2.07. The number of thiophene rings is 2. The van der Waals surface area contributed by atoms with Crippen LogP contribution < -0.4 is 0 Å². The molecule has 0 saturated heterocycles. The molecule has 0 nitrogen and oxygen atoms in total. The number of aryl methyl sites for hydroxylation is 4. The molecule has 0 unspecified atom stereocenters. The zero-order chi connectivity index (χ0) is 52.3. The molecule has 2 heterocycles. The third-order valence-electron chi connectivity index (χ3n) is 15.1. The number of unbranched alkanes of at least 4 members (excludes halogenated alkanes) is 10. The van der Waals surface area contributed by atoms with Crippen molar-refractivity contribution in [2.75, 3.05) is 0 Å². The smallest absolute Gasteiger partial charge is 0.0345 e. The molecule has 2 aromatic heterocycles. The van der Waals surface area contributed by atoms with E-state index in [4.69, 9.17) is 0 Å². The monoisotopic (exact) mass is 1030 g/mol. The van der Waals surface area contributed by atoms with Crippen molar-refractivity contribution in [3.05, 3.63) is 213 Å². The lowest BCUT2D eigenvalue weighted by Crippen LogP contribution is -1.85. The predicted octanol–water partition coefficient (Wildman–Crippen LogP) is 23.5. The van der Waals surface area contributed by atoms with Crippen LogP contribution in [0.15, 0.2) is 170 Å². The van der Waals surface area contributed by atoms with Gasteiger partial charge in [0.1, 0.15) is 0 Å². The van der Waals surface area contributed by atoms with Crippen molar-refractivity contribution in [3.8, 4) is 20.9 Å². The average Bonchev–Trinajstić information content (AvgIpc) is 4.16. The van der Waals surface area contributed by atoms with Gasteiger partial charge in [-0.05, 0) is 212 Å². The van der Waals surface area contributed by atoms with E-state index in [1.54, 1.807) is 0 Å². The summed E-state index contributed by atoms with van der Waals surface area (Å²) in [6, 6.07) is 64.2. The van der Waals surface area contributed by atoms with Crippen LogP contribution in [-0.2, 0) is 25.7 Å². The van der Waals surface area contributed by atoms with Gasteiger partial charge in [0.25, 0.3) is 0 Å². The SMILES string of the molecule is CCCCCCc1ccc(-c2ccc3cc4cc(-c5ccc(CCCCCC)s5)ccc4cc3c2)s1.CCCCCc1ccc(/C=C/c2ccc3cc4cc(/C=C/c5ccc(CCCCC)cc5)ccc4cc3c2)cc1. The molecule has 0 aliphatic carbocycles. The van der Waals surface area contributed by atoms with Gasteiger partial charge in [-0.25, -0.2) is 0 Å². The Balaban J connectivity index is 0.000000187. The molecule has 0 saturated carbocycles. The molecule has 0 fully saturated rings. The van der Waals surface area contributed by atoms with Crippen LogP contribution in [0.4, 0.5) is 0 Å². The van der Waals surface area contributed by atoms with Gasteiger partial charge in [0.2, 0.25) is 0 Å². The molecule has 0 spiro atoms. The van der Waals surface area contributed by atoms with Gasteiger partial charge < -0.3 is 0 Å². The molecule has 2 heteroatoms. The van der Waals surface area contributed by atoms with Gasteiger partial charge in [0, 0.05) is 19.5 Å². The summed E-state index contributed by atoms with van der Waals surface area (Å²) >= 11 is 3.93. The second-order valence-corrected chi connectivity index (χ2v) is 23.6. The van der Waals surface area contributed by atoms with E-state index in [9.17, 15) is 0 Å². The Morgan fingerprint density at radius 3 is 0.987 bits per heavy atom. The fraction of sp³-hybridized carbons (Fsp3) is 0.297. The molecule has 76 heavy (non-hydrogen) atoms. The highest BCUT2D eigenvalue weighted by Gasteiger charge is 2.09. The third-order valence-corrected chi connectivity index (χ3v) is 17.5. The predicted molar refractivity (Wildman–Crippen MR) is 342 cm³/mol. The zero-order valence-electron chi connectivity index (χ0n) is 46.0. The minimum atomic E-state index is 1.18. The fourth-order valence-corrected chi connectivity index (χ4v) is 12.6. The van der Waals surface area contributed by atoms with E-state index in [0.29, 0.717) is 0 Å². The number of fused-ring (bicyclic) bond motifs is 4. The Morgan fingerprint density at radius 2 is 0.592 bits per heavy atom. The largest absolute Gasteiger partial charge is 0.140 e. The van der Waals surface area contributed by atoms with Gasteiger partial charge in [-0.1, -0.05) is 213 Å². The highest BCUT2D eigenvalue weighted by atomic mass is 32.1. The van der Waals surface area contributed by atoms with Crippen molar-refractivity contribution in [1.82, 2.24) is 0 Å². The zero-order valence-corrected chi connectivity index (χ0v) is 47.7. The van der Waals surface area contributed by atoms with E-state index in [0.717, 1.165) is 0 Å². The van der Waals surface area contributed by atoms with Gasteiger partial charge >= 0.3 is 0 Å². The summed E-state index contributed by atoms with van der Waals surface area (Å²) < 4.78 is 0. The van der Waals surface area contributed by atoms with E-state index < -0.39 is 0 Å². The number of rotatable bonds is 24. The fourth-order valence-electron chi connectivity index (χ4n) is 10.5. The molecular formula is C74H80S2. The van der Waals surface area contributed by atoms with Crippen LogP contribution in [0.2, 0.25) is 0 Å². The van der Waals surface area contributed by atoms with E-state index in [1.807, 2.05) is 22.7 Å². The van der Waals surface area contributed by atoms with Crippen molar-refractivity contribution >= 4 is 90.1 Å². The number of benzene rings is 8. The summed E-state index contributed by atoms with van der Waals surface area (Å²) in [6.07, 6.45) is 32.0. The normalized spacial score (nSPS) is 11.7. The van der Waals surface area contributed by atoms with Crippen LogP contribution in [0.5, 0.6) is 0 Å². The van der Waals surface area contributed by atoms with Crippen LogP contribution in [0.1, 0.15) is 161 Å². The molecule has 0 atom stereocenters. The van der Waals surface area contributed by atoms with E-state index in [-0.39, 0.29) is 0 Å². The maximum atomic E-state index is 2.37. The Hall–Kier alpha value is -6.32. The topological polar surface area (TPSA) is 0 Å². The van der Waals surface area contributed by atoms with Crippen LogP contribution in [0.25, 0.3) is 88.3 Å². The van der Waals surface area contributed by atoms with Crippen LogP contribution in [0.3, 0.4) is 0 Å². The molecule has 0 radical (unpaired) electrons. The van der Waals surface area contributed by atoms with Crippen molar-refractivity contribution in [2.24, 2.45) is 0 Å². The van der Waals surface area contributed by atoms with Crippen LogP contribution in [0, 0.1) is 0 Å². The van der Waals surface area contributed by atoms with Gasteiger partial charge in [-0.2, -0.15) is 0 Å². The van der Waals surface area contributed by atoms with Crippen molar-refractivity contribution in [1.29, 1.82) is 0 Å². The molecular weight excluding hydrogens is 953 g/mol. The molecule has 0 bridgehead atoms. The summed E-state index contributed by atoms with van der Waals surface area (Å²) in [5.41, 5.74) is 10.5. The van der Waals surface area contributed by atoms with Gasteiger partial charge in [0.05, 0.1) is 0 Å². The summed E-state index contributed by atoms with van der Waals surface area (Å²) in [7, 11) is 0. The first-order chi connectivity index (χ1) is 37.4. The first-order valence-electron chi connectivity index (χ1n) is 29.1. The highest BCUT2D eigenvalue weighted by molar-refractivity contribution is 7.15. The summed E-state index contributed by atoms with van der Waals surface area (Å²) in [5.74, 6) is 0. The van der Waals surface area contributed by atoms with E-state index in [1.165, 1.54) is 223 Å². The van der Waals surface area contributed by atoms with Crippen molar-refractivity contribution < 1.29 is 0 Å². The Labute approximate surface area is 464 Å². The molecule has 10 rings (SSSR count). The third kappa shape index (κ3) is 15.4. The van der Waals surface area contributed by atoms with Crippen molar-refractivity contribution in [3.63, 3.8) is 0 Å². The Kier molecular flexibility index (Phi) is 20.2. The average molecular weight is 1030 g/mol. The van der Waals surface area contributed by atoms with E-state index >= 15 is 0 Å². The second-order valence-electron chi connectivity index (χ2n) is 21.3. The minimum Gasteiger partial charge on any atom is -0.140 e. The summed E-state index contributed by atoms with van der Waals surface area (Å²) in [5, 5.41) is 10.4. The molecule has 8 aromatic carbocycles. The number of hydrogen-bond donors (Lipinski definition) is 0. The standard InChI is InChI=1S/C40H42.C34H38S2/c1-3-5-7-9-31-11-15-33(16-12-31)19-21-35-23-25-37-30-40-28-36(24-26-38(40)29-39(37)27-35)22-20-34-17-13-32(14-18-34)10-8-6-4-2;1-3-5-7-9-11-31-17-19-33(35-31)27-15-13-25-22-30-24-28(16-14-26(30)21-29(25)23-27)34-20-18-32(36-34)12-10-8-6-4-2/h11-30H,3-10H2,1-2H3;13-24H,3-12H2,1-2H3/b21-19+,22-20+;. The first-order valence-corrected chi connectivity index (χ1v) is 30.7. The summed E-state index contributed by atoms with van der Waals surface area (Å²) in [4.78, 5) is 5.82. The highest BCUT2D eigenvalue weighted by Crippen LogP contribution is 2.36. The Morgan fingerprint density at radius 1 is 0.263 bits per heavy atom. The lowest BCUT2D eigenvalue weighted by molar-refractivity contribution is 0.670. The second kappa shape index (κ2) is 28.2. The Bertz CT molecular complexity index is 3230. The van der Waals surface area contributed by atoms with Gasteiger partial charge in [-0.3, -0.25) is 0 Å². The van der Waals surface area contributed by atoms with Gasteiger partial charge in [0.15, 0.2) is 0 Å². The quantitative estimate of drug-likeness (QED) is 0.0321. The van der Waals surface area contributed by atoms with Crippen LogP contribution >= 0.6 is 22.7 Å². The maximum Gasteiger partial charge on any atom is 0.0345 e. The molecule has 388 valence electrons. The summed E-state index contributed by atoms with van der Waals surface area (Å²) in [6.45, 7) is 9.07.